The lowest BCUT2D eigenvalue weighted by atomic mass is 9.92. The molecule has 4 heteroatoms. The monoisotopic (exact) mass is 298 g/mol. The molecule has 2 unspecified atom stereocenters. The molecular weight excluding hydrogens is 276 g/mol. The summed E-state index contributed by atoms with van der Waals surface area (Å²) >= 11 is 7.96. The normalized spacial score (nSPS) is 28.3. The number of piperidine rings is 1. The van der Waals surface area contributed by atoms with E-state index < -0.39 is 0 Å². The molecule has 19 heavy (non-hydrogen) atoms. The highest BCUT2D eigenvalue weighted by atomic mass is 35.5. The second-order valence-electron chi connectivity index (χ2n) is 5.77. The highest BCUT2D eigenvalue weighted by Gasteiger charge is 2.26. The van der Waals surface area contributed by atoms with E-state index in [9.17, 15) is 0 Å². The summed E-state index contributed by atoms with van der Waals surface area (Å²) in [4.78, 5) is 4.07. The van der Waals surface area contributed by atoms with Crippen LogP contribution in [-0.2, 0) is 6.42 Å². The van der Waals surface area contributed by atoms with E-state index in [1.54, 1.807) is 11.3 Å². The zero-order chi connectivity index (χ0) is 13.2. The van der Waals surface area contributed by atoms with Gasteiger partial charge >= 0.3 is 0 Å². The second-order valence-corrected chi connectivity index (χ2v) is 7.54. The van der Waals surface area contributed by atoms with E-state index in [1.807, 2.05) is 0 Å². The molecule has 0 radical (unpaired) electrons. The number of rotatable bonds is 3. The average Bonchev–Trinajstić information content (AvgIpc) is 2.80. The van der Waals surface area contributed by atoms with Crippen molar-refractivity contribution in [1.82, 2.24) is 10.2 Å². The summed E-state index contributed by atoms with van der Waals surface area (Å²) in [5, 5.41) is 3.90. The van der Waals surface area contributed by atoms with Crippen LogP contribution in [0.3, 0.4) is 0 Å². The average molecular weight is 299 g/mol. The molecule has 1 saturated heterocycles. The molecule has 1 fully saturated rings. The van der Waals surface area contributed by atoms with Gasteiger partial charge in [0.15, 0.2) is 0 Å². The number of likely N-dealkylation sites (tertiary alicyclic amines) is 1. The number of nitrogens with one attached hydrogen (secondary N) is 1. The maximum Gasteiger partial charge on any atom is 0.0934 e. The van der Waals surface area contributed by atoms with Crippen LogP contribution >= 0.6 is 22.9 Å². The van der Waals surface area contributed by atoms with Gasteiger partial charge in [-0.25, -0.2) is 0 Å². The van der Waals surface area contributed by atoms with Crippen LogP contribution in [0, 0.1) is 0 Å². The van der Waals surface area contributed by atoms with E-state index in [1.165, 1.54) is 62.2 Å². The third-order valence-electron chi connectivity index (χ3n) is 4.47. The molecule has 2 heterocycles. The Labute approximate surface area is 125 Å². The summed E-state index contributed by atoms with van der Waals surface area (Å²) in [5.74, 6) is 0. The molecule has 1 aromatic rings. The van der Waals surface area contributed by atoms with Crippen LogP contribution in [-0.4, -0.2) is 30.6 Å². The van der Waals surface area contributed by atoms with Crippen molar-refractivity contribution in [2.75, 3.05) is 19.6 Å². The van der Waals surface area contributed by atoms with Gasteiger partial charge in [-0.1, -0.05) is 18.5 Å². The van der Waals surface area contributed by atoms with Crippen LogP contribution in [0.2, 0.25) is 4.34 Å². The summed E-state index contributed by atoms with van der Waals surface area (Å²) in [6.07, 6.45) is 6.43. The van der Waals surface area contributed by atoms with Crippen LogP contribution in [0.4, 0.5) is 0 Å². The molecule has 0 saturated carbocycles. The van der Waals surface area contributed by atoms with E-state index in [-0.39, 0.29) is 0 Å². The number of likely N-dealkylation sites (N-methyl/N-ethyl adjacent to an activating group) is 1. The van der Waals surface area contributed by atoms with Crippen molar-refractivity contribution in [2.24, 2.45) is 0 Å². The summed E-state index contributed by atoms with van der Waals surface area (Å²) in [6.45, 7) is 5.92. The first-order valence-corrected chi connectivity index (χ1v) is 8.72. The second kappa shape index (κ2) is 6.13. The smallest absolute Gasteiger partial charge is 0.0934 e. The lowest BCUT2D eigenvalue weighted by Gasteiger charge is -2.36. The van der Waals surface area contributed by atoms with Crippen LogP contribution in [0.15, 0.2) is 6.07 Å². The van der Waals surface area contributed by atoms with Crippen LogP contribution in [0.5, 0.6) is 0 Å². The molecule has 106 valence electrons. The summed E-state index contributed by atoms with van der Waals surface area (Å²) in [7, 11) is 0. The molecular formula is C15H23ClN2S. The van der Waals surface area contributed by atoms with E-state index in [0.29, 0.717) is 12.1 Å². The Bertz CT molecular complexity index is 432. The number of hydrogen-bond acceptors (Lipinski definition) is 3. The fourth-order valence-electron chi connectivity index (χ4n) is 3.46. The first-order chi connectivity index (χ1) is 9.26. The Hall–Kier alpha value is -0.0900. The van der Waals surface area contributed by atoms with Gasteiger partial charge in [0.25, 0.3) is 0 Å². The van der Waals surface area contributed by atoms with Gasteiger partial charge in [0.2, 0.25) is 0 Å². The van der Waals surface area contributed by atoms with Crippen molar-refractivity contribution in [3.8, 4) is 0 Å². The molecule has 1 aromatic heterocycles. The number of hydrogen-bond donors (Lipinski definition) is 1. The highest BCUT2D eigenvalue weighted by molar-refractivity contribution is 7.16. The Balaban J connectivity index is 1.67. The van der Waals surface area contributed by atoms with Crippen LogP contribution in [0.1, 0.15) is 49.1 Å². The fraction of sp³-hybridized carbons (Fsp3) is 0.733. The van der Waals surface area contributed by atoms with Gasteiger partial charge in [0.1, 0.15) is 0 Å². The first kappa shape index (κ1) is 13.9. The van der Waals surface area contributed by atoms with E-state index in [2.05, 4.69) is 23.2 Å². The van der Waals surface area contributed by atoms with Gasteiger partial charge in [-0.2, -0.15) is 0 Å². The molecule has 2 nitrogen and oxygen atoms in total. The van der Waals surface area contributed by atoms with Crippen molar-refractivity contribution in [3.63, 3.8) is 0 Å². The Morgan fingerprint density at radius 3 is 3.16 bits per heavy atom. The molecule has 3 rings (SSSR count). The molecule has 2 aliphatic rings. The van der Waals surface area contributed by atoms with Crippen molar-refractivity contribution < 1.29 is 0 Å². The summed E-state index contributed by atoms with van der Waals surface area (Å²) < 4.78 is 0.956. The Morgan fingerprint density at radius 2 is 2.32 bits per heavy atom. The molecule has 0 spiro atoms. The topological polar surface area (TPSA) is 15.3 Å². The SMILES string of the molecule is CCN1CCCC(NC2CCCc3sc(Cl)cc32)C1. The van der Waals surface area contributed by atoms with Gasteiger partial charge in [-0.15, -0.1) is 11.3 Å². The molecule has 2 atom stereocenters. The van der Waals surface area contributed by atoms with Gasteiger partial charge < -0.3 is 10.2 Å². The maximum atomic E-state index is 6.19. The zero-order valence-electron chi connectivity index (χ0n) is 11.6. The van der Waals surface area contributed by atoms with Crippen molar-refractivity contribution in [2.45, 2.75) is 51.1 Å². The number of halogens is 1. The minimum atomic E-state index is 0.536. The van der Waals surface area contributed by atoms with Gasteiger partial charge in [-0.3, -0.25) is 0 Å². The third-order valence-corrected chi connectivity index (χ3v) is 5.81. The van der Waals surface area contributed by atoms with Gasteiger partial charge in [0.05, 0.1) is 4.34 Å². The molecule has 0 amide bonds. The van der Waals surface area contributed by atoms with Crippen molar-refractivity contribution in [3.05, 3.63) is 20.8 Å². The standard InChI is InChI=1S/C15H23ClN2S/c1-2-18-8-4-5-11(10-18)17-13-6-3-7-14-12(13)9-15(16)19-14/h9,11,13,17H,2-8,10H2,1H3. The maximum absolute atomic E-state index is 6.19. The lowest BCUT2D eigenvalue weighted by Crippen LogP contribution is -2.47. The summed E-state index contributed by atoms with van der Waals surface area (Å²) in [6, 6.07) is 3.39. The largest absolute Gasteiger partial charge is 0.306 e. The van der Waals surface area contributed by atoms with E-state index in [4.69, 9.17) is 11.6 Å². The quantitative estimate of drug-likeness (QED) is 0.912. The molecule has 0 bridgehead atoms. The number of thiophene rings is 1. The van der Waals surface area contributed by atoms with E-state index in [0.717, 1.165) is 4.34 Å². The molecule has 1 aliphatic heterocycles. The Morgan fingerprint density at radius 1 is 1.42 bits per heavy atom. The number of aryl methyl sites for hydroxylation is 1. The summed E-state index contributed by atoms with van der Waals surface area (Å²) in [5.41, 5.74) is 1.48. The number of nitrogens with zero attached hydrogens (tertiary/aromatic N) is 1. The van der Waals surface area contributed by atoms with Crippen LogP contribution < -0.4 is 5.32 Å². The number of fused-ring (bicyclic) bond motifs is 1. The minimum Gasteiger partial charge on any atom is -0.306 e. The van der Waals surface area contributed by atoms with Gasteiger partial charge in [-0.05, 0) is 56.8 Å². The fourth-order valence-corrected chi connectivity index (χ4v) is 4.84. The van der Waals surface area contributed by atoms with Gasteiger partial charge in [0, 0.05) is 23.5 Å². The minimum absolute atomic E-state index is 0.536. The van der Waals surface area contributed by atoms with E-state index >= 15 is 0 Å². The zero-order valence-corrected chi connectivity index (χ0v) is 13.2. The lowest BCUT2D eigenvalue weighted by molar-refractivity contribution is 0.187. The predicted octanol–water partition coefficient (Wildman–Crippen LogP) is 3.85. The van der Waals surface area contributed by atoms with Crippen LogP contribution in [0.25, 0.3) is 0 Å². The highest BCUT2D eigenvalue weighted by Crippen LogP contribution is 2.38. The first-order valence-electron chi connectivity index (χ1n) is 7.52. The molecule has 1 aliphatic carbocycles. The third kappa shape index (κ3) is 3.15. The Kier molecular flexibility index (Phi) is 4.47. The van der Waals surface area contributed by atoms with Crippen molar-refractivity contribution in [1.29, 1.82) is 0 Å². The predicted molar refractivity (Wildman–Crippen MR) is 83.3 cm³/mol. The molecule has 1 N–H and O–H groups in total. The molecule has 0 aromatic carbocycles. The van der Waals surface area contributed by atoms with Crippen molar-refractivity contribution >= 4 is 22.9 Å².